The molecule has 2 aromatic carbocycles. The van der Waals surface area contributed by atoms with Gasteiger partial charge in [0.15, 0.2) is 0 Å². The molecule has 0 bridgehead atoms. The number of hydrogen-bond donors (Lipinski definition) is 2. The number of amides is 2. The minimum absolute atomic E-state index is 0.0796. The third-order valence-electron chi connectivity index (χ3n) is 8.29. The van der Waals surface area contributed by atoms with Crippen LogP contribution in [0.25, 0.3) is 0 Å². The van der Waals surface area contributed by atoms with Crippen LogP contribution in [0, 0.1) is 5.92 Å². The highest BCUT2D eigenvalue weighted by molar-refractivity contribution is 5.79. The summed E-state index contributed by atoms with van der Waals surface area (Å²) in [5.41, 5.74) is 5.60. The molecule has 180 valence electrons. The standard InChI is InChI=1S/C29H37N3O2/c33-27(32-17-14-29(15-18-32)13-12-24-7-1-2-9-26(24)29)11-10-22-5-3-6-23(19-22)20-31-28(34)25-8-4-16-30-21-25/h1-3,5-7,9,19,25,30H,4,8,10-18,20-21H2,(H,31,34). The van der Waals surface area contributed by atoms with Crippen molar-refractivity contribution in [1.82, 2.24) is 15.5 Å². The second-order valence-corrected chi connectivity index (χ2v) is 10.4. The molecule has 5 rings (SSSR count). The van der Waals surface area contributed by atoms with E-state index in [-0.39, 0.29) is 17.7 Å². The number of fused-ring (bicyclic) bond motifs is 2. The minimum Gasteiger partial charge on any atom is -0.352 e. The van der Waals surface area contributed by atoms with Crippen molar-refractivity contribution in [3.8, 4) is 0 Å². The van der Waals surface area contributed by atoms with Crippen LogP contribution >= 0.6 is 0 Å². The second-order valence-electron chi connectivity index (χ2n) is 10.4. The summed E-state index contributed by atoms with van der Waals surface area (Å²) in [6, 6.07) is 17.2. The van der Waals surface area contributed by atoms with Crippen LogP contribution in [0.15, 0.2) is 48.5 Å². The lowest BCUT2D eigenvalue weighted by molar-refractivity contribution is -0.132. The van der Waals surface area contributed by atoms with E-state index in [2.05, 4.69) is 51.9 Å². The Hall–Kier alpha value is -2.66. The van der Waals surface area contributed by atoms with Crippen molar-refractivity contribution in [1.29, 1.82) is 0 Å². The highest BCUT2D eigenvalue weighted by Crippen LogP contribution is 2.46. The number of likely N-dealkylation sites (tertiary alicyclic amines) is 1. The van der Waals surface area contributed by atoms with Crippen molar-refractivity contribution < 1.29 is 9.59 Å². The summed E-state index contributed by atoms with van der Waals surface area (Å²) in [6.07, 6.45) is 7.90. The fourth-order valence-corrected chi connectivity index (χ4v) is 6.18. The minimum atomic E-state index is 0.0796. The zero-order valence-electron chi connectivity index (χ0n) is 20.2. The zero-order chi connectivity index (χ0) is 23.4. The molecule has 2 aliphatic heterocycles. The predicted molar refractivity (Wildman–Crippen MR) is 134 cm³/mol. The van der Waals surface area contributed by atoms with Crippen LogP contribution in [0.1, 0.15) is 60.8 Å². The van der Waals surface area contributed by atoms with Gasteiger partial charge in [-0.2, -0.15) is 0 Å². The van der Waals surface area contributed by atoms with Crippen LogP contribution in [0.2, 0.25) is 0 Å². The topological polar surface area (TPSA) is 61.4 Å². The number of piperidine rings is 2. The molecule has 1 unspecified atom stereocenters. The van der Waals surface area contributed by atoms with E-state index in [1.807, 2.05) is 12.1 Å². The van der Waals surface area contributed by atoms with Crippen LogP contribution in [0.5, 0.6) is 0 Å². The number of aryl methyl sites for hydroxylation is 2. The monoisotopic (exact) mass is 459 g/mol. The molecule has 5 heteroatoms. The first-order valence-corrected chi connectivity index (χ1v) is 13.1. The molecular formula is C29H37N3O2. The summed E-state index contributed by atoms with van der Waals surface area (Å²) in [6.45, 7) is 4.08. The van der Waals surface area contributed by atoms with Crippen molar-refractivity contribution >= 4 is 11.8 Å². The van der Waals surface area contributed by atoms with Gasteiger partial charge in [0.1, 0.15) is 0 Å². The highest BCUT2D eigenvalue weighted by Gasteiger charge is 2.41. The molecule has 2 N–H and O–H groups in total. The molecule has 1 aliphatic carbocycles. The Bertz CT molecular complexity index is 1020. The van der Waals surface area contributed by atoms with E-state index in [9.17, 15) is 9.59 Å². The number of carbonyl (C=O) groups is 2. The van der Waals surface area contributed by atoms with Crippen molar-refractivity contribution in [2.75, 3.05) is 26.2 Å². The molecule has 0 radical (unpaired) electrons. The van der Waals surface area contributed by atoms with Crippen molar-refractivity contribution in [3.63, 3.8) is 0 Å². The van der Waals surface area contributed by atoms with E-state index < -0.39 is 0 Å². The Labute approximate surface area is 203 Å². The van der Waals surface area contributed by atoms with Gasteiger partial charge in [0.05, 0.1) is 5.92 Å². The van der Waals surface area contributed by atoms with Gasteiger partial charge in [-0.3, -0.25) is 9.59 Å². The SMILES string of the molecule is O=C(NCc1cccc(CCC(=O)N2CCC3(CCc4ccccc43)CC2)c1)C1CCCNC1. The molecule has 0 aromatic heterocycles. The van der Waals surface area contributed by atoms with Crippen LogP contribution < -0.4 is 10.6 Å². The lowest BCUT2D eigenvalue weighted by Gasteiger charge is -2.40. The quantitative estimate of drug-likeness (QED) is 0.692. The average Bonchev–Trinajstić information content (AvgIpc) is 3.25. The number of rotatable bonds is 6. The maximum absolute atomic E-state index is 13.0. The van der Waals surface area contributed by atoms with Gasteiger partial charge in [-0.25, -0.2) is 0 Å². The van der Waals surface area contributed by atoms with Crippen molar-refractivity contribution in [2.45, 2.75) is 63.3 Å². The van der Waals surface area contributed by atoms with E-state index in [4.69, 9.17) is 0 Å². The first kappa shape index (κ1) is 23.1. The van der Waals surface area contributed by atoms with E-state index in [1.54, 1.807) is 0 Å². The molecule has 34 heavy (non-hydrogen) atoms. The van der Waals surface area contributed by atoms with Crippen LogP contribution in [0.3, 0.4) is 0 Å². The van der Waals surface area contributed by atoms with Crippen molar-refractivity contribution in [2.24, 2.45) is 5.92 Å². The average molecular weight is 460 g/mol. The Morgan fingerprint density at radius 3 is 2.68 bits per heavy atom. The molecule has 2 amide bonds. The first-order chi connectivity index (χ1) is 16.6. The molecule has 2 fully saturated rings. The fourth-order valence-electron chi connectivity index (χ4n) is 6.18. The van der Waals surface area contributed by atoms with Gasteiger partial charge in [0.25, 0.3) is 0 Å². The number of nitrogens with one attached hydrogen (secondary N) is 2. The summed E-state index contributed by atoms with van der Waals surface area (Å²) >= 11 is 0. The van der Waals surface area contributed by atoms with Crippen molar-refractivity contribution in [3.05, 3.63) is 70.8 Å². The third-order valence-corrected chi connectivity index (χ3v) is 8.29. The predicted octanol–water partition coefficient (Wildman–Crippen LogP) is 3.74. The Morgan fingerprint density at radius 2 is 1.85 bits per heavy atom. The van der Waals surface area contributed by atoms with Gasteiger partial charge in [-0.1, -0.05) is 48.5 Å². The largest absolute Gasteiger partial charge is 0.352 e. The van der Waals surface area contributed by atoms with Gasteiger partial charge in [0.2, 0.25) is 11.8 Å². The van der Waals surface area contributed by atoms with Gasteiger partial charge < -0.3 is 15.5 Å². The van der Waals surface area contributed by atoms with Gasteiger partial charge in [-0.15, -0.1) is 0 Å². The Balaban J connectivity index is 1.09. The van der Waals surface area contributed by atoms with Gasteiger partial charge in [-0.05, 0) is 79.2 Å². The second kappa shape index (κ2) is 10.3. The Morgan fingerprint density at radius 1 is 1.03 bits per heavy atom. The molecule has 1 spiro atoms. The number of hydrogen-bond acceptors (Lipinski definition) is 3. The normalized spacial score (nSPS) is 21.3. The zero-order valence-corrected chi connectivity index (χ0v) is 20.2. The summed E-state index contributed by atoms with van der Waals surface area (Å²) in [5.74, 6) is 0.487. The summed E-state index contributed by atoms with van der Waals surface area (Å²) in [4.78, 5) is 27.4. The van der Waals surface area contributed by atoms with Gasteiger partial charge in [0, 0.05) is 32.6 Å². The van der Waals surface area contributed by atoms with Crippen LogP contribution in [-0.2, 0) is 34.4 Å². The maximum atomic E-state index is 13.0. The number of carbonyl (C=O) groups excluding carboxylic acids is 2. The first-order valence-electron chi connectivity index (χ1n) is 13.1. The molecule has 3 aliphatic rings. The molecule has 2 heterocycles. The highest BCUT2D eigenvalue weighted by atomic mass is 16.2. The lowest BCUT2D eigenvalue weighted by atomic mass is 9.74. The smallest absolute Gasteiger partial charge is 0.224 e. The molecule has 2 aromatic rings. The molecular weight excluding hydrogens is 422 g/mol. The molecule has 1 atom stereocenters. The summed E-state index contributed by atoms with van der Waals surface area (Å²) in [5, 5.41) is 6.39. The summed E-state index contributed by atoms with van der Waals surface area (Å²) in [7, 11) is 0. The van der Waals surface area contributed by atoms with E-state index in [0.717, 1.165) is 69.4 Å². The number of benzene rings is 2. The van der Waals surface area contributed by atoms with E-state index in [1.165, 1.54) is 24.0 Å². The lowest BCUT2D eigenvalue weighted by Crippen LogP contribution is -2.44. The Kier molecular flexibility index (Phi) is 7.00. The van der Waals surface area contributed by atoms with E-state index in [0.29, 0.717) is 18.4 Å². The van der Waals surface area contributed by atoms with Crippen LogP contribution in [0.4, 0.5) is 0 Å². The fraction of sp³-hybridized carbons (Fsp3) is 0.517. The van der Waals surface area contributed by atoms with E-state index >= 15 is 0 Å². The molecule has 5 nitrogen and oxygen atoms in total. The van der Waals surface area contributed by atoms with Gasteiger partial charge >= 0.3 is 0 Å². The molecule has 2 saturated heterocycles. The molecule has 0 saturated carbocycles. The number of nitrogens with zero attached hydrogens (tertiary/aromatic N) is 1. The third kappa shape index (κ3) is 5.05. The maximum Gasteiger partial charge on any atom is 0.224 e. The van der Waals surface area contributed by atoms with Crippen LogP contribution in [-0.4, -0.2) is 42.9 Å². The summed E-state index contributed by atoms with van der Waals surface area (Å²) < 4.78 is 0.